The molecule has 0 spiro atoms. The Morgan fingerprint density at radius 3 is 2.36 bits per heavy atom. The summed E-state index contributed by atoms with van der Waals surface area (Å²) in [5.74, 6) is 0. The zero-order chi connectivity index (χ0) is 10.6. The molecule has 4 heteroatoms. The number of nitriles is 1. The topological polar surface area (TPSA) is 39.1 Å². The Morgan fingerprint density at radius 1 is 1.36 bits per heavy atom. The van der Waals surface area contributed by atoms with E-state index in [0.717, 1.165) is 5.69 Å². The van der Waals surface area contributed by atoms with Gasteiger partial charge in [-0.05, 0) is 36.5 Å². The molecule has 0 aliphatic rings. The van der Waals surface area contributed by atoms with E-state index in [4.69, 9.17) is 17.5 Å². The summed E-state index contributed by atoms with van der Waals surface area (Å²) >= 11 is 5.07. The zero-order valence-corrected chi connectivity index (χ0v) is 8.93. The second kappa shape index (κ2) is 4.58. The van der Waals surface area contributed by atoms with Gasteiger partial charge in [-0.1, -0.05) is 0 Å². The molecule has 72 valence electrons. The van der Waals surface area contributed by atoms with Crippen LogP contribution in [0.15, 0.2) is 24.3 Å². The Labute approximate surface area is 89.0 Å². The molecule has 1 N–H and O–H groups in total. The van der Waals surface area contributed by atoms with Crippen LogP contribution in [0, 0.1) is 11.3 Å². The lowest BCUT2D eigenvalue weighted by atomic mass is 10.2. The first-order valence-corrected chi connectivity index (χ1v) is 4.53. The van der Waals surface area contributed by atoms with E-state index >= 15 is 0 Å². The third kappa shape index (κ3) is 2.71. The van der Waals surface area contributed by atoms with Gasteiger partial charge >= 0.3 is 0 Å². The van der Waals surface area contributed by atoms with E-state index in [0.29, 0.717) is 10.7 Å². The lowest BCUT2D eigenvalue weighted by Gasteiger charge is -2.15. The second-order valence-electron chi connectivity index (χ2n) is 3.01. The Kier molecular flexibility index (Phi) is 3.43. The molecule has 0 heterocycles. The molecule has 0 unspecified atom stereocenters. The highest BCUT2D eigenvalue weighted by molar-refractivity contribution is 7.80. The van der Waals surface area contributed by atoms with Crippen LogP contribution in [-0.4, -0.2) is 24.1 Å². The molecule has 0 fully saturated rings. The van der Waals surface area contributed by atoms with Gasteiger partial charge in [0.25, 0.3) is 0 Å². The number of benzene rings is 1. The molecule has 0 atom stereocenters. The van der Waals surface area contributed by atoms with Crippen molar-refractivity contribution in [1.29, 1.82) is 5.26 Å². The van der Waals surface area contributed by atoms with E-state index < -0.39 is 0 Å². The number of hydrogen-bond donors (Lipinski definition) is 1. The van der Waals surface area contributed by atoms with Gasteiger partial charge in [-0.25, -0.2) is 0 Å². The molecule has 3 nitrogen and oxygen atoms in total. The molecular formula is C10H11N3S. The predicted molar refractivity (Wildman–Crippen MR) is 61.1 cm³/mol. The molecule has 0 saturated heterocycles. The second-order valence-corrected chi connectivity index (χ2v) is 3.40. The Bertz CT molecular complexity index is 362. The smallest absolute Gasteiger partial charge is 0.172 e. The van der Waals surface area contributed by atoms with Crippen LogP contribution in [0.1, 0.15) is 5.56 Å². The van der Waals surface area contributed by atoms with Crippen LogP contribution in [-0.2, 0) is 0 Å². The SMILES string of the molecule is CN(C)C(=S)Nc1ccc(C#N)cc1. The van der Waals surface area contributed by atoms with E-state index in [9.17, 15) is 0 Å². The number of hydrogen-bond acceptors (Lipinski definition) is 2. The summed E-state index contributed by atoms with van der Waals surface area (Å²) in [6.07, 6.45) is 0. The normalized spacial score (nSPS) is 8.93. The van der Waals surface area contributed by atoms with Crippen molar-refractivity contribution in [1.82, 2.24) is 4.90 Å². The minimum Gasteiger partial charge on any atom is -0.355 e. The third-order valence-electron chi connectivity index (χ3n) is 1.67. The van der Waals surface area contributed by atoms with Crippen LogP contribution in [0.5, 0.6) is 0 Å². The predicted octanol–water partition coefficient (Wildman–Crippen LogP) is 1.82. The van der Waals surface area contributed by atoms with Crippen molar-refractivity contribution in [2.45, 2.75) is 0 Å². The fraction of sp³-hybridized carbons (Fsp3) is 0.200. The van der Waals surface area contributed by atoms with Crippen molar-refractivity contribution in [2.75, 3.05) is 19.4 Å². The molecule has 1 rings (SSSR count). The lowest BCUT2D eigenvalue weighted by Crippen LogP contribution is -2.26. The largest absolute Gasteiger partial charge is 0.355 e. The van der Waals surface area contributed by atoms with Crippen LogP contribution in [0.3, 0.4) is 0 Å². The van der Waals surface area contributed by atoms with E-state index in [1.165, 1.54) is 0 Å². The van der Waals surface area contributed by atoms with Gasteiger partial charge in [-0.15, -0.1) is 0 Å². The quantitative estimate of drug-likeness (QED) is 0.710. The molecular weight excluding hydrogens is 194 g/mol. The van der Waals surface area contributed by atoms with Gasteiger partial charge in [0.1, 0.15) is 0 Å². The van der Waals surface area contributed by atoms with Gasteiger partial charge in [-0.3, -0.25) is 0 Å². The van der Waals surface area contributed by atoms with Crippen molar-refractivity contribution in [3.05, 3.63) is 29.8 Å². The maximum absolute atomic E-state index is 8.59. The summed E-state index contributed by atoms with van der Waals surface area (Å²) in [6, 6.07) is 9.22. The maximum atomic E-state index is 8.59. The van der Waals surface area contributed by atoms with Crippen molar-refractivity contribution < 1.29 is 0 Å². The molecule has 0 radical (unpaired) electrons. The van der Waals surface area contributed by atoms with Gasteiger partial charge in [0.2, 0.25) is 0 Å². The summed E-state index contributed by atoms with van der Waals surface area (Å²) in [7, 11) is 3.75. The van der Waals surface area contributed by atoms with E-state index in [2.05, 4.69) is 11.4 Å². The van der Waals surface area contributed by atoms with E-state index in [-0.39, 0.29) is 0 Å². The molecule has 0 aliphatic heterocycles. The average molecular weight is 205 g/mol. The first-order valence-electron chi connectivity index (χ1n) is 4.12. The molecule has 0 bridgehead atoms. The summed E-state index contributed by atoms with van der Waals surface area (Å²) in [6.45, 7) is 0. The minimum atomic E-state index is 0.645. The molecule has 0 aliphatic carbocycles. The van der Waals surface area contributed by atoms with Crippen molar-refractivity contribution in [2.24, 2.45) is 0 Å². The molecule has 14 heavy (non-hydrogen) atoms. The lowest BCUT2D eigenvalue weighted by molar-refractivity contribution is 0.634. The van der Waals surface area contributed by atoms with Gasteiger partial charge < -0.3 is 10.2 Å². The Hall–Kier alpha value is -1.60. The Balaban J connectivity index is 2.70. The summed E-state index contributed by atoms with van der Waals surface area (Å²) in [5, 5.41) is 12.3. The molecule has 0 saturated carbocycles. The standard InChI is InChI=1S/C10H11N3S/c1-13(2)10(14)12-9-5-3-8(7-11)4-6-9/h3-6H,1-2H3,(H,12,14). The van der Waals surface area contributed by atoms with Gasteiger partial charge in [-0.2, -0.15) is 5.26 Å². The molecule has 0 amide bonds. The van der Waals surface area contributed by atoms with Crippen molar-refractivity contribution in [3.8, 4) is 6.07 Å². The highest BCUT2D eigenvalue weighted by Gasteiger charge is 1.98. The van der Waals surface area contributed by atoms with Gasteiger partial charge in [0, 0.05) is 19.8 Å². The third-order valence-corrected chi connectivity index (χ3v) is 2.14. The maximum Gasteiger partial charge on any atom is 0.172 e. The summed E-state index contributed by atoms with van der Waals surface area (Å²) in [4.78, 5) is 1.81. The van der Waals surface area contributed by atoms with Crippen LogP contribution in [0.25, 0.3) is 0 Å². The van der Waals surface area contributed by atoms with E-state index in [1.54, 1.807) is 12.1 Å². The van der Waals surface area contributed by atoms with Crippen LogP contribution in [0.4, 0.5) is 5.69 Å². The fourth-order valence-electron chi connectivity index (χ4n) is 0.863. The first kappa shape index (κ1) is 10.5. The molecule has 1 aromatic carbocycles. The fourth-order valence-corrected chi connectivity index (χ4v) is 0.981. The summed E-state index contributed by atoms with van der Waals surface area (Å²) in [5.41, 5.74) is 1.54. The van der Waals surface area contributed by atoms with Crippen LogP contribution < -0.4 is 5.32 Å². The van der Waals surface area contributed by atoms with Crippen LogP contribution in [0.2, 0.25) is 0 Å². The average Bonchev–Trinajstić information content (AvgIpc) is 2.19. The highest BCUT2D eigenvalue weighted by atomic mass is 32.1. The minimum absolute atomic E-state index is 0.645. The number of rotatable bonds is 1. The Morgan fingerprint density at radius 2 is 1.93 bits per heavy atom. The number of nitrogens with one attached hydrogen (secondary N) is 1. The summed E-state index contributed by atoms with van der Waals surface area (Å²) < 4.78 is 0. The van der Waals surface area contributed by atoms with E-state index in [1.807, 2.05) is 31.1 Å². The molecule has 1 aromatic rings. The van der Waals surface area contributed by atoms with Gasteiger partial charge in [0.15, 0.2) is 5.11 Å². The molecule has 0 aromatic heterocycles. The van der Waals surface area contributed by atoms with Crippen molar-refractivity contribution >= 4 is 23.0 Å². The number of thiocarbonyl (C=S) groups is 1. The van der Waals surface area contributed by atoms with Crippen molar-refractivity contribution in [3.63, 3.8) is 0 Å². The number of anilines is 1. The first-order chi connectivity index (χ1) is 6.63. The highest BCUT2D eigenvalue weighted by Crippen LogP contribution is 2.08. The van der Waals surface area contributed by atoms with Gasteiger partial charge in [0.05, 0.1) is 11.6 Å². The zero-order valence-electron chi connectivity index (χ0n) is 8.11. The van der Waals surface area contributed by atoms with Crippen LogP contribution >= 0.6 is 12.2 Å². The number of nitrogens with zero attached hydrogens (tertiary/aromatic N) is 2. The monoisotopic (exact) mass is 205 g/mol.